The van der Waals surface area contributed by atoms with Crippen LogP contribution in [0, 0.1) is 6.57 Å². The maximum absolute atomic E-state index is 10.1. The molecule has 2 aromatic rings. The van der Waals surface area contributed by atoms with E-state index in [1.165, 1.54) is 12.5 Å². The van der Waals surface area contributed by atoms with Crippen molar-refractivity contribution in [3.63, 3.8) is 0 Å². The van der Waals surface area contributed by atoms with E-state index in [-0.39, 0.29) is 18.1 Å². The van der Waals surface area contributed by atoms with Crippen molar-refractivity contribution in [1.29, 1.82) is 0 Å². The van der Waals surface area contributed by atoms with Crippen LogP contribution in [0.1, 0.15) is 6.04 Å². The molecule has 0 amide bonds. The fourth-order valence-electron chi connectivity index (χ4n) is 2.61. The quantitative estimate of drug-likeness (QED) is 0.447. The molecule has 0 aromatic carbocycles. The zero-order valence-corrected chi connectivity index (χ0v) is 10.9. The Kier molecular flexibility index (Phi) is 3.10. The van der Waals surface area contributed by atoms with E-state index >= 15 is 0 Å². The van der Waals surface area contributed by atoms with Crippen LogP contribution in [0.25, 0.3) is 15.9 Å². The van der Waals surface area contributed by atoms with Gasteiger partial charge in [0.05, 0.1) is 24.6 Å². The average Bonchev–Trinajstić information content (AvgIpc) is 2.99. The van der Waals surface area contributed by atoms with Gasteiger partial charge in [-0.2, -0.15) is 0 Å². The molecule has 8 nitrogen and oxygen atoms in total. The van der Waals surface area contributed by atoms with Crippen molar-refractivity contribution in [2.45, 2.75) is 18.2 Å². The van der Waals surface area contributed by atoms with E-state index in [0.29, 0.717) is 16.6 Å². The highest BCUT2D eigenvalue weighted by Gasteiger charge is 2.36. The van der Waals surface area contributed by atoms with Gasteiger partial charge in [-0.3, -0.25) is 0 Å². The standard InChI is InChI=1S/C13H13N5O3/c1-15-7-3-18(13-9(7)12(14)16-5-17-13)8-2-6(4-19)10(20)11(8)21/h2-3,5,8,10-11,19-21H,4H2,(H2,14,16,17)/t8-,10?,11-/m1/s1. The first-order valence-corrected chi connectivity index (χ1v) is 6.24. The van der Waals surface area contributed by atoms with E-state index in [1.54, 1.807) is 10.6 Å². The van der Waals surface area contributed by atoms with Crippen molar-refractivity contribution in [1.82, 2.24) is 14.5 Å². The minimum absolute atomic E-state index is 0.184. The number of nitrogens with zero attached hydrogens (tertiary/aromatic N) is 4. The number of rotatable bonds is 2. The Morgan fingerprint density at radius 1 is 1.38 bits per heavy atom. The first-order valence-electron chi connectivity index (χ1n) is 6.24. The molecule has 0 saturated carbocycles. The summed E-state index contributed by atoms with van der Waals surface area (Å²) >= 11 is 0. The second-order valence-corrected chi connectivity index (χ2v) is 4.82. The lowest BCUT2D eigenvalue weighted by molar-refractivity contribution is 0.0289. The molecule has 2 aromatic heterocycles. The zero-order chi connectivity index (χ0) is 15.1. The van der Waals surface area contributed by atoms with Crippen LogP contribution in [-0.4, -0.2) is 48.7 Å². The monoisotopic (exact) mass is 287 g/mol. The number of hydrogen-bond donors (Lipinski definition) is 4. The van der Waals surface area contributed by atoms with Crippen molar-refractivity contribution in [3.05, 3.63) is 35.6 Å². The maximum atomic E-state index is 10.1. The molecule has 0 saturated heterocycles. The Bertz CT molecular complexity index is 776. The summed E-state index contributed by atoms with van der Waals surface area (Å²) in [4.78, 5) is 11.4. The molecule has 1 aliphatic rings. The second kappa shape index (κ2) is 4.82. The number of aliphatic hydroxyl groups is 3. The number of anilines is 1. The number of aliphatic hydroxyl groups excluding tert-OH is 3. The van der Waals surface area contributed by atoms with E-state index < -0.39 is 18.2 Å². The summed E-state index contributed by atoms with van der Waals surface area (Å²) in [5, 5.41) is 29.6. The molecule has 21 heavy (non-hydrogen) atoms. The van der Waals surface area contributed by atoms with E-state index in [4.69, 9.17) is 12.3 Å². The number of aromatic nitrogens is 3. The van der Waals surface area contributed by atoms with Gasteiger partial charge in [-0.15, -0.1) is 0 Å². The van der Waals surface area contributed by atoms with Gasteiger partial charge >= 0.3 is 0 Å². The summed E-state index contributed by atoms with van der Waals surface area (Å²) in [7, 11) is 0. The summed E-state index contributed by atoms with van der Waals surface area (Å²) in [5.74, 6) is 0.184. The topological polar surface area (TPSA) is 122 Å². The Morgan fingerprint density at radius 2 is 2.14 bits per heavy atom. The van der Waals surface area contributed by atoms with Crippen molar-refractivity contribution in [2.75, 3.05) is 12.3 Å². The van der Waals surface area contributed by atoms with Gasteiger partial charge < -0.3 is 25.6 Å². The third kappa shape index (κ3) is 1.87. The predicted octanol–water partition coefficient (Wildman–Crippen LogP) is -0.241. The molecule has 3 atom stereocenters. The van der Waals surface area contributed by atoms with E-state index in [1.807, 2.05) is 0 Å². The molecule has 0 aliphatic heterocycles. The largest absolute Gasteiger partial charge is 0.392 e. The van der Waals surface area contributed by atoms with Gasteiger partial charge in [-0.1, -0.05) is 6.08 Å². The van der Waals surface area contributed by atoms with Crippen LogP contribution < -0.4 is 5.73 Å². The maximum Gasteiger partial charge on any atom is 0.217 e. The number of nitrogen functional groups attached to an aromatic ring is 1. The van der Waals surface area contributed by atoms with E-state index in [0.717, 1.165) is 0 Å². The molecular weight excluding hydrogens is 274 g/mol. The summed E-state index contributed by atoms with van der Waals surface area (Å²) in [6.45, 7) is 6.86. The molecular formula is C13H13N5O3. The van der Waals surface area contributed by atoms with E-state index in [2.05, 4.69) is 14.8 Å². The smallest absolute Gasteiger partial charge is 0.217 e. The number of hydrogen-bond acceptors (Lipinski definition) is 6. The lowest BCUT2D eigenvalue weighted by Gasteiger charge is -2.19. The van der Waals surface area contributed by atoms with Crippen molar-refractivity contribution in [3.8, 4) is 0 Å². The molecule has 8 heteroatoms. The first-order chi connectivity index (χ1) is 10.1. The molecule has 1 aliphatic carbocycles. The van der Waals surface area contributed by atoms with Gasteiger partial charge in [-0.05, 0) is 5.57 Å². The third-order valence-corrected chi connectivity index (χ3v) is 3.68. The predicted molar refractivity (Wildman–Crippen MR) is 74.4 cm³/mol. The van der Waals surface area contributed by atoms with Gasteiger partial charge in [0.15, 0.2) is 0 Å². The van der Waals surface area contributed by atoms with Gasteiger partial charge in [0.2, 0.25) is 5.69 Å². The molecule has 3 rings (SSSR count). The van der Waals surface area contributed by atoms with Crippen molar-refractivity contribution >= 4 is 22.5 Å². The Hall–Kier alpha value is -2.47. The summed E-state index contributed by atoms with van der Waals surface area (Å²) < 4.78 is 1.57. The molecule has 2 heterocycles. The number of nitrogens with two attached hydrogens (primary N) is 1. The van der Waals surface area contributed by atoms with Crippen LogP contribution in [-0.2, 0) is 0 Å². The lowest BCUT2D eigenvalue weighted by atomic mass is 10.1. The SMILES string of the molecule is [C-]#[N+]c1cn([C@@H]2C=C(CO)C(O)[C@@H]2O)c2ncnc(N)c12. The number of fused-ring (bicyclic) bond motifs is 1. The third-order valence-electron chi connectivity index (χ3n) is 3.68. The molecule has 0 bridgehead atoms. The van der Waals surface area contributed by atoms with Gasteiger partial charge in [0.25, 0.3) is 0 Å². The summed E-state index contributed by atoms with van der Waals surface area (Å²) in [6.07, 6.45) is 2.09. The van der Waals surface area contributed by atoms with Crippen LogP contribution in [0.5, 0.6) is 0 Å². The summed E-state index contributed by atoms with van der Waals surface area (Å²) in [5.41, 5.74) is 6.80. The second-order valence-electron chi connectivity index (χ2n) is 4.82. The van der Waals surface area contributed by atoms with Crippen LogP contribution in [0.4, 0.5) is 11.5 Å². The highest BCUT2D eigenvalue weighted by molar-refractivity contribution is 5.98. The van der Waals surface area contributed by atoms with Crippen molar-refractivity contribution < 1.29 is 15.3 Å². The molecule has 0 fully saturated rings. The normalized spacial score (nSPS) is 25.0. The van der Waals surface area contributed by atoms with Crippen LogP contribution in [0.15, 0.2) is 24.2 Å². The summed E-state index contributed by atoms with van der Waals surface area (Å²) in [6, 6.07) is -0.630. The average molecular weight is 287 g/mol. The van der Waals surface area contributed by atoms with Gasteiger partial charge in [-0.25, -0.2) is 14.8 Å². The highest BCUT2D eigenvalue weighted by Crippen LogP contribution is 2.37. The zero-order valence-electron chi connectivity index (χ0n) is 10.9. The fraction of sp³-hybridized carbons (Fsp3) is 0.308. The van der Waals surface area contributed by atoms with Crippen LogP contribution in [0.3, 0.4) is 0 Å². The molecule has 0 radical (unpaired) electrons. The molecule has 0 spiro atoms. The molecule has 5 N–H and O–H groups in total. The van der Waals surface area contributed by atoms with Crippen LogP contribution in [0.2, 0.25) is 0 Å². The van der Waals surface area contributed by atoms with Gasteiger partial charge in [0.1, 0.15) is 30.0 Å². The Morgan fingerprint density at radius 3 is 2.76 bits per heavy atom. The van der Waals surface area contributed by atoms with Crippen molar-refractivity contribution in [2.24, 2.45) is 0 Å². The highest BCUT2D eigenvalue weighted by atomic mass is 16.3. The van der Waals surface area contributed by atoms with Gasteiger partial charge in [0, 0.05) is 6.20 Å². The van der Waals surface area contributed by atoms with Crippen LogP contribution >= 0.6 is 0 Å². The lowest BCUT2D eigenvalue weighted by Crippen LogP contribution is -2.30. The Balaban J connectivity index is 2.21. The Labute approximate surface area is 119 Å². The minimum atomic E-state index is -1.15. The first kappa shape index (κ1) is 13.5. The molecule has 108 valence electrons. The fourth-order valence-corrected chi connectivity index (χ4v) is 2.61. The molecule has 1 unspecified atom stereocenters. The van der Waals surface area contributed by atoms with E-state index in [9.17, 15) is 15.3 Å². The minimum Gasteiger partial charge on any atom is -0.392 e.